The number of allylic oxidation sites excluding steroid dienone is 1. The first-order chi connectivity index (χ1) is 12.7. The number of fused-ring (bicyclic) bond motifs is 1. The van der Waals surface area contributed by atoms with Crippen molar-refractivity contribution < 1.29 is 13.9 Å². The van der Waals surface area contributed by atoms with Crippen molar-refractivity contribution in [3.8, 4) is 0 Å². The number of hydrogen-bond acceptors (Lipinski definition) is 3. The summed E-state index contributed by atoms with van der Waals surface area (Å²) in [7, 11) is 1.41. The molecule has 1 aromatic heterocycles. The third-order valence-electron chi connectivity index (χ3n) is 4.55. The number of carbonyl (C=O) groups is 1. The molecular weight excluding hydrogens is 324 g/mol. The van der Waals surface area contributed by atoms with E-state index in [1.165, 1.54) is 18.2 Å². The Kier molecular flexibility index (Phi) is 5.57. The number of carbonyl (C=O) groups excluding carboxylic acids is 1. The molecule has 3 rings (SSSR count). The SMILES string of the molecule is CCC=C(C(=O)OC)c1ccc2c(Cc3ccccc3)c(CC)oc2c1. The van der Waals surface area contributed by atoms with Gasteiger partial charge in [-0.05, 0) is 23.6 Å². The van der Waals surface area contributed by atoms with E-state index in [1.54, 1.807) is 0 Å². The summed E-state index contributed by atoms with van der Waals surface area (Å²) in [5.41, 5.74) is 4.70. The molecule has 0 atom stereocenters. The van der Waals surface area contributed by atoms with E-state index in [9.17, 15) is 4.79 Å². The zero-order valence-electron chi connectivity index (χ0n) is 15.5. The van der Waals surface area contributed by atoms with Crippen molar-refractivity contribution in [2.24, 2.45) is 0 Å². The fourth-order valence-electron chi connectivity index (χ4n) is 3.28. The van der Waals surface area contributed by atoms with E-state index in [0.29, 0.717) is 5.57 Å². The smallest absolute Gasteiger partial charge is 0.338 e. The van der Waals surface area contributed by atoms with Crippen molar-refractivity contribution in [1.29, 1.82) is 0 Å². The molecule has 2 aromatic carbocycles. The van der Waals surface area contributed by atoms with Crippen LogP contribution in [0, 0.1) is 0 Å². The van der Waals surface area contributed by atoms with Crippen molar-refractivity contribution in [2.45, 2.75) is 33.1 Å². The topological polar surface area (TPSA) is 39.4 Å². The van der Waals surface area contributed by atoms with Gasteiger partial charge in [0, 0.05) is 23.8 Å². The lowest BCUT2D eigenvalue weighted by atomic mass is 9.98. The lowest BCUT2D eigenvalue weighted by Crippen LogP contribution is -2.03. The molecule has 0 saturated heterocycles. The van der Waals surface area contributed by atoms with Gasteiger partial charge in [0.1, 0.15) is 11.3 Å². The first-order valence-electron chi connectivity index (χ1n) is 9.05. The standard InChI is InChI=1S/C23H24O3/c1-4-9-18(23(24)25-3)17-12-13-19-20(14-16-10-7-6-8-11-16)21(5-2)26-22(19)15-17/h6-13,15H,4-5,14H2,1-3H3. The Morgan fingerprint density at radius 3 is 2.54 bits per heavy atom. The number of furan rings is 1. The highest BCUT2D eigenvalue weighted by molar-refractivity contribution is 6.17. The van der Waals surface area contributed by atoms with E-state index in [2.05, 4.69) is 37.3 Å². The average molecular weight is 348 g/mol. The molecule has 0 unspecified atom stereocenters. The van der Waals surface area contributed by atoms with Gasteiger partial charge in [-0.25, -0.2) is 4.79 Å². The van der Waals surface area contributed by atoms with Crippen LogP contribution in [0.15, 0.2) is 59.0 Å². The lowest BCUT2D eigenvalue weighted by Gasteiger charge is -2.06. The summed E-state index contributed by atoms with van der Waals surface area (Å²) in [4.78, 5) is 12.1. The van der Waals surface area contributed by atoms with Gasteiger partial charge in [0.25, 0.3) is 0 Å². The van der Waals surface area contributed by atoms with Gasteiger partial charge in [-0.1, -0.05) is 62.4 Å². The monoisotopic (exact) mass is 348 g/mol. The molecule has 0 aliphatic heterocycles. The highest BCUT2D eigenvalue weighted by Crippen LogP contribution is 2.31. The fraction of sp³-hybridized carbons (Fsp3) is 0.261. The van der Waals surface area contributed by atoms with Crippen LogP contribution >= 0.6 is 0 Å². The number of rotatable bonds is 6. The summed E-state index contributed by atoms with van der Waals surface area (Å²) >= 11 is 0. The van der Waals surface area contributed by atoms with Gasteiger partial charge in [0.2, 0.25) is 0 Å². The Labute approximate surface area is 154 Å². The van der Waals surface area contributed by atoms with E-state index in [4.69, 9.17) is 9.15 Å². The van der Waals surface area contributed by atoms with Gasteiger partial charge in [-0.15, -0.1) is 0 Å². The summed E-state index contributed by atoms with van der Waals surface area (Å²) in [5, 5.41) is 1.11. The molecule has 1 heterocycles. The van der Waals surface area contributed by atoms with Crippen LogP contribution in [0.5, 0.6) is 0 Å². The molecule has 26 heavy (non-hydrogen) atoms. The number of aryl methyl sites for hydroxylation is 1. The summed E-state index contributed by atoms with van der Waals surface area (Å²) in [6, 6.07) is 16.4. The quantitative estimate of drug-likeness (QED) is 0.433. The Morgan fingerprint density at radius 1 is 1.12 bits per heavy atom. The molecule has 0 radical (unpaired) electrons. The molecule has 0 N–H and O–H groups in total. The lowest BCUT2D eigenvalue weighted by molar-refractivity contribution is -0.133. The number of esters is 1. The van der Waals surface area contributed by atoms with Crippen LogP contribution < -0.4 is 0 Å². The molecule has 0 saturated carbocycles. The van der Waals surface area contributed by atoms with E-state index in [0.717, 1.165) is 41.6 Å². The average Bonchev–Trinajstić information content (AvgIpc) is 3.03. The van der Waals surface area contributed by atoms with Gasteiger partial charge in [0.05, 0.1) is 12.7 Å². The van der Waals surface area contributed by atoms with E-state index in [-0.39, 0.29) is 5.97 Å². The highest BCUT2D eigenvalue weighted by Gasteiger charge is 2.17. The zero-order chi connectivity index (χ0) is 18.5. The third-order valence-corrected chi connectivity index (χ3v) is 4.55. The molecule has 134 valence electrons. The van der Waals surface area contributed by atoms with Gasteiger partial charge in [-0.2, -0.15) is 0 Å². The minimum Gasteiger partial charge on any atom is -0.465 e. The van der Waals surface area contributed by atoms with E-state index in [1.807, 2.05) is 31.2 Å². The molecule has 3 nitrogen and oxygen atoms in total. The second-order valence-corrected chi connectivity index (χ2v) is 6.25. The molecule has 3 heteroatoms. The van der Waals surface area contributed by atoms with Gasteiger partial charge >= 0.3 is 5.97 Å². The number of benzene rings is 2. The van der Waals surface area contributed by atoms with Gasteiger partial charge in [0.15, 0.2) is 0 Å². The van der Waals surface area contributed by atoms with E-state index >= 15 is 0 Å². The van der Waals surface area contributed by atoms with Gasteiger partial charge < -0.3 is 9.15 Å². The third kappa shape index (κ3) is 3.57. The Morgan fingerprint density at radius 2 is 1.88 bits per heavy atom. The normalized spacial score (nSPS) is 11.7. The Hall–Kier alpha value is -2.81. The van der Waals surface area contributed by atoms with Crippen molar-refractivity contribution in [3.63, 3.8) is 0 Å². The summed E-state index contributed by atoms with van der Waals surface area (Å²) in [6.45, 7) is 4.10. The first-order valence-corrected chi connectivity index (χ1v) is 9.05. The Bertz CT molecular complexity index is 933. The molecule has 0 bridgehead atoms. The second kappa shape index (κ2) is 8.05. The van der Waals surface area contributed by atoms with Crippen molar-refractivity contribution in [3.05, 3.63) is 77.1 Å². The minimum absolute atomic E-state index is 0.321. The van der Waals surface area contributed by atoms with Gasteiger partial charge in [-0.3, -0.25) is 0 Å². The molecule has 0 aliphatic rings. The largest absolute Gasteiger partial charge is 0.465 e. The van der Waals surface area contributed by atoms with E-state index < -0.39 is 0 Å². The summed E-state index contributed by atoms with van der Waals surface area (Å²) < 4.78 is 11.0. The summed E-state index contributed by atoms with van der Waals surface area (Å²) in [5.74, 6) is 0.679. The maximum Gasteiger partial charge on any atom is 0.338 e. The van der Waals surface area contributed by atoms with Crippen molar-refractivity contribution in [2.75, 3.05) is 7.11 Å². The maximum absolute atomic E-state index is 12.1. The fourth-order valence-corrected chi connectivity index (χ4v) is 3.28. The molecule has 0 spiro atoms. The first kappa shape index (κ1) is 18.0. The van der Waals surface area contributed by atoms with Crippen LogP contribution in [-0.4, -0.2) is 13.1 Å². The molecular formula is C23H24O3. The van der Waals surface area contributed by atoms with Crippen LogP contribution in [0.2, 0.25) is 0 Å². The van der Waals surface area contributed by atoms with Crippen LogP contribution in [0.1, 0.15) is 42.7 Å². The predicted octanol–water partition coefficient (Wildman–Crippen LogP) is 5.55. The highest BCUT2D eigenvalue weighted by atomic mass is 16.5. The number of hydrogen-bond donors (Lipinski definition) is 0. The summed E-state index contributed by atoms with van der Waals surface area (Å²) in [6.07, 6.45) is 4.33. The predicted molar refractivity (Wildman–Crippen MR) is 105 cm³/mol. The minimum atomic E-state index is -0.321. The number of methoxy groups -OCH3 is 1. The molecule has 0 fully saturated rings. The molecule has 3 aromatic rings. The van der Waals surface area contributed by atoms with Crippen LogP contribution in [0.4, 0.5) is 0 Å². The second-order valence-electron chi connectivity index (χ2n) is 6.25. The zero-order valence-corrected chi connectivity index (χ0v) is 15.5. The van der Waals surface area contributed by atoms with Crippen LogP contribution in [-0.2, 0) is 22.4 Å². The van der Waals surface area contributed by atoms with Crippen molar-refractivity contribution in [1.82, 2.24) is 0 Å². The Balaban J connectivity index is 2.06. The van der Waals surface area contributed by atoms with Crippen molar-refractivity contribution >= 4 is 22.5 Å². The number of ether oxygens (including phenoxy) is 1. The molecule has 0 amide bonds. The molecule has 0 aliphatic carbocycles. The van der Waals surface area contributed by atoms with Crippen LogP contribution in [0.3, 0.4) is 0 Å². The van der Waals surface area contributed by atoms with Crippen LogP contribution in [0.25, 0.3) is 16.5 Å². The maximum atomic E-state index is 12.1.